The zero-order valence-corrected chi connectivity index (χ0v) is 16.2. The van der Waals surface area contributed by atoms with Crippen molar-refractivity contribution in [3.8, 4) is 0 Å². The monoisotopic (exact) mass is 363 g/mol. The van der Waals surface area contributed by atoms with Crippen LogP contribution in [0.25, 0.3) is 0 Å². The number of amides is 1. The summed E-state index contributed by atoms with van der Waals surface area (Å²) in [6, 6.07) is 14.6. The van der Waals surface area contributed by atoms with E-state index in [4.69, 9.17) is 0 Å². The number of Topliss-reactive ketones (excluding diaryl/α,β-unsaturated/α-hetero) is 1. The molecule has 0 saturated heterocycles. The quantitative estimate of drug-likeness (QED) is 0.829. The summed E-state index contributed by atoms with van der Waals surface area (Å²) in [6.07, 6.45) is 0.288. The Labute approximate surface area is 160 Å². The second-order valence-electron chi connectivity index (χ2n) is 7.56. The largest absolute Gasteiger partial charge is 0.503 e. The van der Waals surface area contributed by atoms with Crippen LogP contribution in [0.2, 0.25) is 0 Å². The minimum absolute atomic E-state index is 0.137. The highest BCUT2D eigenvalue weighted by Crippen LogP contribution is 2.42. The fourth-order valence-corrected chi connectivity index (χ4v) is 3.60. The summed E-state index contributed by atoms with van der Waals surface area (Å²) in [5.74, 6) is -1.01. The zero-order chi connectivity index (χ0) is 19.7. The standard InChI is InChI=1S/C23H25NO3/c1-14(2)12-19(25)20-21(18-11-6-5-9-16(18)4)24(23(27)22(20)26)17-10-7-8-15(3)13-17/h5-11,13-14,21,26H,12H2,1-4H3. The average Bonchev–Trinajstić information content (AvgIpc) is 2.86. The first-order chi connectivity index (χ1) is 12.8. The smallest absolute Gasteiger partial charge is 0.294 e. The summed E-state index contributed by atoms with van der Waals surface area (Å²) in [5, 5.41) is 10.6. The van der Waals surface area contributed by atoms with Crippen molar-refractivity contribution in [2.45, 2.75) is 40.2 Å². The first-order valence-corrected chi connectivity index (χ1v) is 9.23. The number of nitrogens with zero attached hydrogens (tertiary/aromatic N) is 1. The number of aryl methyl sites for hydroxylation is 2. The van der Waals surface area contributed by atoms with Gasteiger partial charge in [-0.25, -0.2) is 0 Å². The average molecular weight is 363 g/mol. The SMILES string of the molecule is Cc1cccc(N2C(=O)C(O)=C(C(=O)CC(C)C)C2c2ccccc2C)c1. The van der Waals surface area contributed by atoms with Gasteiger partial charge in [-0.05, 0) is 48.6 Å². The fraction of sp³-hybridized carbons (Fsp3) is 0.304. The summed E-state index contributed by atoms with van der Waals surface area (Å²) in [7, 11) is 0. The fourth-order valence-electron chi connectivity index (χ4n) is 3.60. The first-order valence-electron chi connectivity index (χ1n) is 9.23. The Hall–Kier alpha value is -2.88. The van der Waals surface area contributed by atoms with Gasteiger partial charge >= 0.3 is 0 Å². The summed E-state index contributed by atoms with van der Waals surface area (Å²) in [5.41, 5.74) is 3.70. The van der Waals surface area contributed by atoms with E-state index in [0.717, 1.165) is 16.7 Å². The second kappa shape index (κ2) is 7.39. The van der Waals surface area contributed by atoms with Gasteiger partial charge in [0.1, 0.15) is 0 Å². The number of carbonyl (C=O) groups is 2. The lowest BCUT2D eigenvalue weighted by atomic mass is 9.90. The van der Waals surface area contributed by atoms with E-state index < -0.39 is 17.7 Å². The number of ketones is 1. The number of rotatable bonds is 5. The Balaban J connectivity index is 2.19. The van der Waals surface area contributed by atoms with Crippen molar-refractivity contribution in [3.05, 3.63) is 76.6 Å². The number of carbonyl (C=O) groups excluding carboxylic acids is 2. The maximum atomic E-state index is 13.0. The number of aliphatic hydroxyl groups is 1. The molecule has 1 heterocycles. The van der Waals surface area contributed by atoms with Crippen LogP contribution in [0.15, 0.2) is 59.9 Å². The van der Waals surface area contributed by atoms with E-state index in [1.807, 2.05) is 76.2 Å². The van der Waals surface area contributed by atoms with Crippen LogP contribution in [0.1, 0.15) is 43.0 Å². The first kappa shape index (κ1) is 18.9. The van der Waals surface area contributed by atoms with Crippen LogP contribution in [-0.4, -0.2) is 16.8 Å². The molecule has 4 heteroatoms. The van der Waals surface area contributed by atoms with Gasteiger partial charge in [0.05, 0.1) is 11.6 Å². The predicted molar refractivity (Wildman–Crippen MR) is 107 cm³/mol. The summed E-state index contributed by atoms with van der Waals surface area (Å²) < 4.78 is 0. The maximum Gasteiger partial charge on any atom is 0.294 e. The molecular formula is C23H25NO3. The molecule has 0 bridgehead atoms. The Kier molecular flexibility index (Phi) is 5.17. The normalized spacial score (nSPS) is 17.1. The summed E-state index contributed by atoms with van der Waals surface area (Å²) >= 11 is 0. The second-order valence-corrected chi connectivity index (χ2v) is 7.56. The molecule has 0 fully saturated rings. The van der Waals surface area contributed by atoms with Crippen molar-refractivity contribution in [1.82, 2.24) is 0 Å². The van der Waals surface area contributed by atoms with E-state index in [2.05, 4.69) is 0 Å². The summed E-state index contributed by atoms with van der Waals surface area (Å²) in [4.78, 5) is 27.5. The third kappa shape index (κ3) is 3.52. The number of aliphatic hydroxyl groups excluding tert-OH is 1. The van der Waals surface area contributed by atoms with Crippen LogP contribution in [0.4, 0.5) is 5.69 Å². The minimum atomic E-state index is -0.619. The van der Waals surface area contributed by atoms with E-state index in [0.29, 0.717) is 5.69 Å². The molecule has 27 heavy (non-hydrogen) atoms. The minimum Gasteiger partial charge on any atom is -0.503 e. The van der Waals surface area contributed by atoms with Crippen molar-refractivity contribution in [1.29, 1.82) is 0 Å². The van der Waals surface area contributed by atoms with Gasteiger partial charge in [0.25, 0.3) is 5.91 Å². The van der Waals surface area contributed by atoms with Gasteiger partial charge in [0.2, 0.25) is 0 Å². The number of hydrogen-bond acceptors (Lipinski definition) is 3. The number of anilines is 1. The van der Waals surface area contributed by atoms with E-state index in [1.54, 1.807) is 0 Å². The lowest BCUT2D eigenvalue weighted by Gasteiger charge is -2.28. The van der Waals surface area contributed by atoms with Crippen LogP contribution in [0, 0.1) is 19.8 Å². The topological polar surface area (TPSA) is 57.6 Å². The molecule has 3 rings (SSSR count). The van der Waals surface area contributed by atoms with Crippen LogP contribution in [0.5, 0.6) is 0 Å². The lowest BCUT2D eigenvalue weighted by Crippen LogP contribution is -2.31. The highest BCUT2D eigenvalue weighted by atomic mass is 16.3. The molecule has 0 aromatic heterocycles. The van der Waals surface area contributed by atoms with Gasteiger partial charge in [0, 0.05) is 12.1 Å². The van der Waals surface area contributed by atoms with Gasteiger partial charge < -0.3 is 5.11 Å². The van der Waals surface area contributed by atoms with Crippen molar-refractivity contribution in [2.24, 2.45) is 5.92 Å². The summed E-state index contributed by atoms with van der Waals surface area (Å²) in [6.45, 7) is 7.81. The molecule has 0 radical (unpaired) electrons. The van der Waals surface area contributed by atoms with Gasteiger partial charge in [-0.2, -0.15) is 0 Å². The Morgan fingerprint density at radius 1 is 1.11 bits per heavy atom. The third-order valence-corrected chi connectivity index (χ3v) is 4.87. The molecule has 140 valence electrons. The Bertz CT molecular complexity index is 927. The van der Waals surface area contributed by atoms with Crippen molar-refractivity contribution < 1.29 is 14.7 Å². The molecule has 1 aliphatic heterocycles. The maximum absolute atomic E-state index is 13.0. The number of benzene rings is 2. The van der Waals surface area contributed by atoms with Crippen LogP contribution >= 0.6 is 0 Å². The molecule has 0 aliphatic carbocycles. The zero-order valence-electron chi connectivity index (χ0n) is 16.2. The van der Waals surface area contributed by atoms with Crippen molar-refractivity contribution >= 4 is 17.4 Å². The Morgan fingerprint density at radius 2 is 1.81 bits per heavy atom. The number of hydrogen-bond donors (Lipinski definition) is 1. The highest BCUT2D eigenvalue weighted by Gasteiger charge is 2.44. The molecule has 1 unspecified atom stereocenters. The van der Waals surface area contributed by atoms with Crippen LogP contribution in [-0.2, 0) is 9.59 Å². The van der Waals surface area contributed by atoms with Gasteiger partial charge in [-0.15, -0.1) is 0 Å². The molecule has 2 aromatic rings. The van der Waals surface area contributed by atoms with Gasteiger partial charge in [-0.3, -0.25) is 14.5 Å². The van der Waals surface area contributed by atoms with Crippen LogP contribution < -0.4 is 4.90 Å². The van der Waals surface area contributed by atoms with E-state index in [1.165, 1.54) is 4.90 Å². The van der Waals surface area contributed by atoms with Crippen molar-refractivity contribution in [3.63, 3.8) is 0 Å². The van der Waals surface area contributed by atoms with Crippen LogP contribution in [0.3, 0.4) is 0 Å². The molecule has 2 aromatic carbocycles. The Morgan fingerprint density at radius 3 is 2.44 bits per heavy atom. The predicted octanol–water partition coefficient (Wildman–Crippen LogP) is 4.82. The molecule has 0 spiro atoms. The lowest BCUT2D eigenvalue weighted by molar-refractivity contribution is -0.118. The van der Waals surface area contributed by atoms with Gasteiger partial charge in [0.15, 0.2) is 11.5 Å². The molecule has 1 N–H and O–H groups in total. The van der Waals surface area contributed by atoms with Gasteiger partial charge in [-0.1, -0.05) is 50.2 Å². The molecule has 0 saturated carbocycles. The molecular weight excluding hydrogens is 338 g/mol. The van der Waals surface area contributed by atoms with E-state index in [9.17, 15) is 14.7 Å². The highest BCUT2D eigenvalue weighted by molar-refractivity contribution is 6.16. The third-order valence-electron chi connectivity index (χ3n) is 4.87. The molecule has 1 aliphatic rings. The molecule has 1 amide bonds. The van der Waals surface area contributed by atoms with E-state index in [-0.39, 0.29) is 23.7 Å². The van der Waals surface area contributed by atoms with E-state index >= 15 is 0 Å². The molecule has 4 nitrogen and oxygen atoms in total. The van der Waals surface area contributed by atoms with Crippen molar-refractivity contribution in [2.75, 3.05) is 4.90 Å². The molecule has 1 atom stereocenters.